The van der Waals surface area contributed by atoms with Crippen molar-refractivity contribution < 1.29 is 0 Å². The van der Waals surface area contributed by atoms with E-state index in [9.17, 15) is 0 Å². The van der Waals surface area contributed by atoms with Crippen LogP contribution in [-0.4, -0.2) is 12.1 Å². The highest BCUT2D eigenvalue weighted by Gasteiger charge is 2.31. The van der Waals surface area contributed by atoms with E-state index < -0.39 is 0 Å². The van der Waals surface area contributed by atoms with E-state index in [1.807, 2.05) is 12.1 Å². The van der Waals surface area contributed by atoms with Crippen molar-refractivity contribution in [2.45, 2.75) is 50.6 Å². The molecule has 0 heterocycles. The fraction of sp³-hybridized carbons (Fsp3) is 0.500. The van der Waals surface area contributed by atoms with E-state index in [0.29, 0.717) is 12.0 Å². The number of hydrogen-bond donors (Lipinski definition) is 1. The summed E-state index contributed by atoms with van der Waals surface area (Å²) in [6.45, 7) is 2.17. The van der Waals surface area contributed by atoms with Gasteiger partial charge in [-0.3, -0.25) is 0 Å². The van der Waals surface area contributed by atoms with Crippen LogP contribution in [0.1, 0.15) is 44.1 Å². The number of terminal acetylenes is 1. The molecule has 0 amide bonds. The Morgan fingerprint density at radius 1 is 1.50 bits per heavy atom. The number of halogens is 1. The molecule has 0 aromatic heterocycles. The van der Waals surface area contributed by atoms with Crippen molar-refractivity contribution in [3.63, 3.8) is 0 Å². The van der Waals surface area contributed by atoms with E-state index in [-0.39, 0.29) is 6.04 Å². The summed E-state index contributed by atoms with van der Waals surface area (Å²) >= 11 is 6.01. The first-order valence-corrected chi connectivity index (χ1v) is 7.08. The van der Waals surface area contributed by atoms with Crippen LogP contribution in [0.2, 0.25) is 5.02 Å². The first-order valence-electron chi connectivity index (χ1n) is 6.70. The van der Waals surface area contributed by atoms with E-state index in [4.69, 9.17) is 18.0 Å². The maximum atomic E-state index is 6.01. The second kappa shape index (κ2) is 6.27. The Morgan fingerprint density at radius 2 is 2.28 bits per heavy atom. The van der Waals surface area contributed by atoms with Crippen molar-refractivity contribution in [3.05, 3.63) is 34.9 Å². The fourth-order valence-electron chi connectivity index (χ4n) is 2.57. The minimum absolute atomic E-state index is 0.236. The molecule has 1 aromatic rings. The molecule has 0 bridgehead atoms. The van der Waals surface area contributed by atoms with Crippen LogP contribution in [-0.2, 0) is 0 Å². The summed E-state index contributed by atoms with van der Waals surface area (Å²) in [6, 6.07) is 9.00. The second-order valence-corrected chi connectivity index (χ2v) is 5.53. The van der Waals surface area contributed by atoms with Crippen LogP contribution in [0.15, 0.2) is 24.3 Å². The molecule has 0 aliphatic heterocycles. The quantitative estimate of drug-likeness (QED) is 0.791. The minimum Gasteiger partial charge on any atom is -0.301 e. The molecule has 1 aliphatic carbocycles. The summed E-state index contributed by atoms with van der Waals surface area (Å²) < 4.78 is 0. The van der Waals surface area contributed by atoms with Gasteiger partial charge in [0.25, 0.3) is 0 Å². The molecule has 1 aromatic carbocycles. The van der Waals surface area contributed by atoms with Gasteiger partial charge in [0.05, 0.1) is 6.04 Å². The average molecular weight is 262 g/mol. The number of rotatable bonds is 5. The maximum absolute atomic E-state index is 6.01. The lowest BCUT2D eigenvalue weighted by Gasteiger charge is -2.38. The third kappa shape index (κ3) is 3.28. The Morgan fingerprint density at radius 3 is 2.89 bits per heavy atom. The van der Waals surface area contributed by atoms with Gasteiger partial charge in [-0.05, 0) is 42.9 Å². The molecular weight excluding hydrogens is 242 g/mol. The molecule has 2 heteroatoms. The van der Waals surface area contributed by atoms with E-state index in [2.05, 4.69) is 30.3 Å². The zero-order valence-corrected chi connectivity index (χ0v) is 11.6. The molecule has 0 radical (unpaired) electrons. The fourth-order valence-corrected chi connectivity index (χ4v) is 2.77. The smallest absolute Gasteiger partial charge is 0.0688 e. The van der Waals surface area contributed by atoms with Crippen LogP contribution < -0.4 is 5.32 Å². The Bertz CT molecular complexity index is 429. The first-order chi connectivity index (χ1) is 8.72. The van der Waals surface area contributed by atoms with Crippen molar-refractivity contribution in [1.29, 1.82) is 0 Å². The van der Waals surface area contributed by atoms with Crippen LogP contribution >= 0.6 is 11.6 Å². The van der Waals surface area contributed by atoms with Gasteiger partial charge in [-0.25, -0.2) is 0 Å². The van der Waals surface area contributed by atoms with Crippen LogP contribution in [0.25, 0.3) is 0 Å². The van der Waals surface area contributed by atoms with Crippen molar-refractivity contribution in [1.82, 2.24) is 5.32 Å². The highest BCUT2D eigenvalue weighted by Crippen LogP contribution is 2.37. The SMILES string of the molecule is C#CC(CCC)NC1CC(c2cccc(Cl)c2)C1. The lowest BCUT2D eigenvalue weighted by Crippen LogP contribution is -2.45. The Balaban J connectivity index is 1.82. The number of hydrogen-bond acceptors (Lipinski definition) is 1. The molecule has 1 atom stereocenters. The van der Waals surface area contributed by atoms with Gasteiger partial charge in [0.2, 0.25) is 0 Å². The minimum atomic E-state index is 0.236. The Labute approximate surface area is 115 Å². The van der Waals surface area contributed by atoms with Crippen molar-refractivity contribution >= 4 is 11.6 Å². The highest BCUT2D eigenvalue weighted by atomic mass is 35.5. The summed E-state index contributed by atoms with van der Waals surface area (Å²) in [6.07, 6.45) is 10.1. The molecule has 1 N–H and O–H groups in total. The van der Waals surface area contributed by atoms with E-state index in [1.54, 1.807) is 0 Å². The summed E-state index contributed by atoms with van der Waals surface area (Å²) in [5.41, 5.74) is 1.35. The molecule has 96 valence electrons. The molecule has 1 aliphatic rings. The van der Waals surface area contributed by atoms with Crippen LogP contribution in [0, 0.1) is 12.3 Å². The van der Waals surface area contributed by atoms with Gasteiger partial charge < -0.3 is 5.32 Å². The van der Waals surface area contributed by atoms with Crippen LogP contribution in [0.3, 0.4) is 0 Å². The van der Waals surface area contributed by atoms with Gasteiger partial charge in [0, 0.05) is 11.1 Å². The zero-order chi connectivity index (χ0) is 13.0. The van der Waals surface area contributed by atoms with Gasteiger partial charge in [0.1, 0.15) is 0 Å². The molecule has 18 heavy (non-hydrogen) atoms. The van der Waals surface area contributed by atoms with Crippen molar-refractivity contribution in [3.8, 4) is 12.3 Å². The molecule has 0 saturated heterocycles. The lowest BCUT2D eigenvalue weighted by atomic mass is 9.75. The van der Waals surface area contributed by atoms with Gasteiger partial charge in [0.15, 0.2) is 0 Å². The van der Waals surface area contributed by atoms with Gasteiger partial charge >= 0.3 is 0 Å². The lowest BCUT2D eigenvalue weighted by molar-refractivity contribution is 0.276. The third-order valence-electron chi connectivity index (χ3n) is 3.67. The van der Waals surface area contributed by atoms with Gasteiger partial charge in [-0.15, -0.1) is 6.42 Å². The van der Waals surface area contributed by atoms with Crippen LogP contribution in [0.5, 0.6) is 0 Å². The second-order valence-electron chi connectivity index (χ2n) is 5.09. The molecular formula is C16H20ClN. The first kappa shape index (κ1) is 13.5. The maximum Gasteiger partial charge on any atom is 0.0688 e. The Kier molecular flexibility index (Phi) is 4.69. The van der Waals surface area contributed by atoms with Crippen molar-refractivity contribution in [2.75, 3.05) is 0 Å². The standard InChI is InChI=1S/C16H20ClN/c1-3-6-15(4-2)18-16-10-13(11-16)12-7-5-8-14(17)9-12/h2,5,7-9,13,15-16,18H,3,6,10-11H2,1H3. The Hall–Kier alpha value is -0.970. The molecule has 1 nitrogen and oxygen atoms in total. The van der Waals surface area contributed by atoms with E-state index in [1.165, 1.54) is 18.4 Å². The van der Waals surface area contributed by atoms with Crippen LogP contribution in [0.4, 0.5) is 0 Å². The zero-order valence-electron chi connectivity index (χ0n) is 10.8. The third-order valence-corrected chi connectivity index (χ3v) is 3.91. The van der Waals surface area contributed by atoms with Gasteiger partial charge in [-0.1, -0.05) is 43.0 Å². The van der Waals surface area contributed by atoms with E-state index in [0.717, 1.165) is 17.9 Å². The summed E-state index contributed by atoms with van der Waals surface area (Å²) in [5.74, 6) is 3.47. The van der Waals surface area contributed by atoms with E-state index >= 15 is 0 Å². The van der Waals surface area contributed by atoms with Crippen molar-refractivity contribution in [2.24, 2.45) is 0 Å². The summed E-state index contributed by atoms with van der Waals surface area (Å²) in [5, 5.41) is 4.38. The number of nitrogens with one attached hydrogen (secondary N) is 1. The summed E-state index contributed by atoms with van der Waals surface area (Å²) in [4.78, 5) is 0. The molecule has 1 unspecified atom stereocenters. The average Bonchev–Trinajstić information content (AvgIpc) is 2.31. The predicted octanol–water partition coefficient (Wildman–Crippen LogP) is 3.98. The largest absolute Gasteiger partial charge is 0.301 e. The monoisotopic (exact) mass is 261 g/mol. The molecule has 1 fully saturated rings. The highest BCUT2D eigenvalue weighted by molar-refractivity contribution is 6.30. The van der Waals surface area contributed by atoms with Gasteiger partial charge in [-0.2, -0.15) is 0 Å². The molecule has 2 rings (SSSR count). The predicted molar refractivity (Wildman–Crippen MR) is 77.9 cm³/mol. The normalized spacial score (nSPS) is 24.1. The summed E-state index contributed by atoms with van der Waals surface area (Å²) in [7, 11) is 0. The molecule has 0 spiro atoms. The number of benzene rings is 1. The topological polar surface area (TPSA) is 12.0 Å². The molecule has 1 saturated carbocycles.